The summed E-state index contributed by atoms with van der Waals surface area (Å²) in [5.74, 6) is 1.66. The van der Waals surface area contributed by atoms with Crippen LogP contribution in [-0.2, 0) is 11.2 Å². The van der Waals surface area contributed by atoms with Crippen LogP contribution in [-0.4, -0.2) is 31.4 Å². The normalized spacial score (nSPS) is 18.0. The predicted octanol–water partition coefficient (Wildman–Crippen LogP) is 1.90. The molecule has 0 radical (unpaired) electrons. The number of nitrogen functional groups attached to an aromatic ring is 1. The van der Waals surface area contributed by atoms with Crippen molar-refractivity contribution in [2.24, 2.45) is 11.8 Å². The fraction of sp³-hybridized carbons (Fsp3) is 0.562. The van der Waals surface area contributed by atoms with Gasteiger partial charge in [0, 0.05) is 18.0 Å². The number of rotatable bonds is 6. The highest BCUT2D eigenvalue weighted by Crippen LogP contribution is 2.40. The summed E-state index contributed by atoms with van der Waals surface area (Å²) in [6, 6.07) is 3.73. The first-order chi connectivity index (χ1) is 11.1. The van der Waals surface area contributed by atoms with E-state index in [1.165, 1.54) is 12.8 Å². The number of carbonyl (C=O) groups is 1. The summed E-state index contributed by atoms with van der Waals surface area (Å²) in [6.45, 7) is 1.68. The number of tetrazole rings is 1. The second-order valence-corrected chi connectivity index (χ2v) is 6.37. The Bertz CT molecular complexity index is 633. The zero-order valence-corrected chi connectivity index (χ0v) is 13.3. The number of nitrogens with zero attached hydrogens (tertiary/aromatic N) is 4. The van der Waals surface area contributed by atoms with Gasteiger partial charge in [-0.15, -0.1) is 5.10 Å². The summed E-state index contributed by atoms with van der Waals surface area (Å²) in [5, 5.41) is 14.3. The van der Waals surface area contributed by atoms with Gasteiger partial charge in [-0.05, 0) is 54.2 Å². The van der Waals surface area contributed by atoms with E-state index in [9.17, 15) is 4.79 Å². The van der Waals surface area contributed by atoms with Crippen LogP contribution in [0.3, 0.4) is 0 Å². The van der Waals surface area contributed by atoms with Crippen LogP contribution in [0.4, 0.5) is 5.82 Å². The van der Waals surface area contributed by atoms with Crippen molar-refractivity contribution >= 4 is 11.6 Å². The molecule has 0 spiro atoms. The minimum atomic E-state index is -0.0650. The van der Waals surface area contributed by atoms with Gasteiger partial charge < -0.3 is 5.73 Å². The van der Waals surface area contributed by atoms with Gasteiger partial charge >= 0.3 is 0 Å². The maximum atomic E-state index is 12.4. The van der Waals surface area contributed by atoms with Crippen LogP contribution in [0.1, 0.15) is 49.9 Å². The summed E-state index contributed by atoms with van der Waals surface area (Å²) in [7, 11) is 0. The molecule has 0 bridgehead atoms. The Morgan fingerprint density at radius 3 is 2.74 bits per heavy atom. The molecule has 0 aliphatic heterocycles. The lowest BCUT2D eigenvalue weighted by Crippen LogP contribution is -2.29. The highest BCUT2D eigenvalue weighted by Gasteiger charge is 2.37. The molecule has 1 fully saturated rings. The molecule has 7 nitrogen and oxygen atoms in total. The number of aromatic nitrogens is 5. The Kier molecular flexibility index (Phi) is 4.64. The number of Topliss-reactive ketones (excluding diaryl/α,β-unsaturated/α-hetero) is 1. The standard InChI is InChI=1S/C16H22N6O/c1-10(23)15(12-4-2-3-5-12)13(16-19-21-22-20-16)8-11-6-7-14(17)18-9-11/h6-7,9,12-13,15H,2-5,8H2,1H3,(H2,17,18)(H,19,20,21,22)/t13-,15-/m0/s1. The highest BCUT2D eigenvalue weighted by molar-refractivity contribution is 5.79. The number of aromatic amines is 1. The van der Waals surface area contributed by atoms with Crippen molar-refractivity contribution in [3.05, 3.63) is 29.7 Å². The number of pyridine rings is 1. The van der Waals surface area contributed by atoms with Gasteiger partial charge in [0.1, 0.15) is 11.6 Å². The maximum Gasteiger partial charge on any atom is 0.152 e. The first kappa shape index (κ1) is 15.6. The molecule has 122 valence electrons. The molecule has 1 aliphatic carbocycles. The van der Waals surface area contributed by atoms with Gasteiger partial charge in [0.25, 0.3) is 0 Å². The average Bonchev–Trinajstić information content (AvgIpc) is 3.21. The minimum absolute atomic E-state index is 0.0592. The number of hydrogen-bond acceptors (Lipinski definition) is 6. The summed E-state index contributed by atoms with van der Waals surface area (Å²) >= 11 is 0. The van der Waals surface area contributed by atoms with E-state index in [-0.39, 0.29) is 17.6 Å². The molecule has 2 heterocycles. The van der Waals surface area contributed by atoms with Gasteiger partial charge in [-0.2, -0.15) is 0 Å². The number of anilines is 1. The van der Waals surface area contributed by atoms with Crippen molar-refractivity contribution in [2.45, 2.75) is 44.9 Å². The summed E-state index contributed by atoms with van der Waals surface area (Å²) in [5.41, 5.74) is 6.69. The van der Waals surface area contributed by atoms with Gasteiger partial charge in [0.05, 0.1) is 0 Å². The third-order valence-electron chi connectivity index (χ3n) is 4.83. The predicted molar refractivity (Wildman–Crippen MR) is 85.4 cm³/mol. The number of nitrogens with one attached hydrogen (secondary N) is 1. The van der Waals surface area contributed by atoms with E-state index in [2.05, 4.69) is 25.6 Å². The van der Waals surface area contributed by atoms with Gasteiger partial charge in [0.2, 0.25) is 0 Å². The molecule has 1 aliphatic rings. The molecule has 3 rings (SSSR count). The van der Waals surface area contributed by atoms with Crippen molar-refractivity contribution in [3.8, 4) is 0 Å². The Hall–Kier alpha value is -2.31. The zero-order valence-electron chi connectivity index (χ0n) is 13.3. The fourth-order valence-electron chi connectivity index (χ4n) is 3.79. The molecule has 0 amide bonds. The molecule has 2 aromatic heterocycles. The van der Waals surface area contributed by atoms with Crippen LogP contribution in [0.25, 0.3) is 0 Å². The van der Waals surface area contributed by atoms with Gasteiger partial charge in [-0.1, -0.05) is 18.9 Å². The van der Waals surface area contributed by atoms with Crippen molar-refractivity contribution in [1.29, 1.82) is 0 Å². The van der Waals surface area contributed by atoms with Gasteiger partial charge in [0.15, 0.2) is 5.82 Å². The molecule has 2 aromatic rings. The smallest absolute Gasteiger partial charge is 0.152 e. The van der Waals surface area contributed by atoms with Gasteiger partial charge in [-0.3, -0.25) is 4.79 Å². The third-order valence-corrected chi connectivity index (χ3v) is 4.83. The van der Waals surface area contributed by atoms with E-state index < -0.39 is 0 Å². The van der Waals surface area contributed by atoms with E-state index in [1.54, 1.807) is 19.2 Å². The van der Waals surface area contributed by atoms with Crippen molar-refractivity contribution in [1.82, 2.24) is 25.6 Å². The van der Waals surface area contributed by atoms with Crippen LogP contribution in [0.2, 0.25) is 0 Å². The number of carbonyl (C=O) groups excluding carboxylic acids is 1. The van der Waals surface area contributed by atoms with Crippen LogP contribution in [0, 0.1) is 11.8 Å². The molecule has 0 aromatic carbocycles. The lowest BCUT2D eigenvalue weighted by Gasteiger charge is -2.28. The van der Waals surface area contributed by atoms with Crippen molar-refractivity contribution < 1.29 is 4.79 Å². The third kappa shape index (κ3) is 3.55. The quantitative estimate of drug-likeness (QED) is 0.842. The van der Waals surface area contributed by atoms with E-state index >= 15 is 0 Å². The second-order valence-electron chi connectivity index (χ2n) is 6.37. The first-order valence-electron chi connectivity index (χ1n) is 8.09. The molecule has 1 saturated carbocycles. The molecule has 2 atom stereocenters. The van der Waals surface area contributed by atoms with Crippen LogP contribution >= 0.6 is 0 Å². The van der Waals surface area contributed by atoms with E-state index in [0.717, 1.165) is 18.4 Å². The molecule has 0 unspecified atom stereocenters. The summed E-state index contributed by atoms with van der Waals surface area (Å²) in [6.07, 6.45) is 7.02. The molecular weight excluding hydrogens is 292 g/mol. The topological polar surface area (TPSA) is 110 Å². The molecular formula is C16H22N6O. The number of H-pyrrole nitrogens is 1. The average molecular weight is 314 g/mol. The summed E-state index contributed by atoms with van der Waals surface area (Å²) in [4.78, 5) is 16.5. The second kappa shape index (κ2) is 6.85. The number of hydrogen-bond donors (Lipinski definition) is 2. The minimum Gasteiger partial charge on any atom is -0.384 e. The van der Waals surface area contributed by atoms with Crippen LogP contribution < -0.4 is 5.73 Å². The van der Waals surface area contributed by atoms with Crippen LogP contribution in [0.5, 0.6) is 0 Å². The summed E-state index contributed by atoms with van der Waals surface area (Å²) < 4.78 is 0. The fourth-order valence-corrected chi connectivity index (χ4v) is 3.79. The molecule has 3 N–H and O–H groups in total. The Balaban J connectivity index is 1.90. The number of ketones is 1. The van der Waals surface area contributed by atoms with Crippen molar-refractivity contribution in [3.63, 3.8) is 0 Å². The largest absolute Gasteiger partial charge is 0.384 e. The van der Waals surface area contributed by atoms with E-state index in [1.807, 2.05) is 6.07 Å². The van der Waals surface area contributed by atoms with Crippen molar-refractivity contribution in [2.75, 3.05) is 5.73 Å². The first-order valence-corrected chi connectivity index (χ1v) is 8.09. The SMILES string of the molecule is CC(=O)[C@@H](C1CCCC1)[C@H](Cc1ccc(N)nc1)c1nnn[nH]1. The highest BCUT2D eigenvalue weighted by atomic mass is 16.1. The molecule has 23 heavy (non-hydrogen) atoms. The zero-order chi connectivity index (χ0) is 16.2. The Labute approximate surface area is 135 Å². The molecule has 7 heteroatoms. The van der Waals surface area contributed by atoms with Gasteiger partial charge in [-0.25, -0.2) is 10.1 Å². The lowest BCUT2D eigenvalue weighted by molar-refractivity contribution is -0.123. The van der Waals surface area contributed by atoms with Crippen LogP contribution in [0.15, 0.2) is 18.3 Å². The monoisotopic (exact) mass is 314 g/mol. The van der Waals surface area contributed by atoms with E-state index in [0.29, 0.717) is 24.0 Å². The Morgan fingerprint density at radius 2 is 2.17 bits per heavy atom. The maximum absolute atomic E-state index is 12.4. The lowest BCUT2D eigenvalue weighted by atomic mass is 9.75. The van der Waals surface area contributed by atoms with E-state index in [4.69, 9.17) is 5.73 Å². The number of nitrogens with two attached hydrogens (primary N) is 1. The Morgan fingerprint density at radius 1 is 1.39 bits per heavy atom. The molecule has 0 saturated heterocycles.